The Morgan fingerprint density at radius 1 is 1.50 bits per heavy atom. The molecule has 0 saturated carbocycles. The minimum atomic E-state index is -0.499. The maximum absolute atomic E-state index is 11.8. The Morgan fingerprint density at radius 3 is 2.94 bits per heavy atom. The van der Waals surface area contributed by atoms with E-state index >= 15 is 0 Å². The lowest BCUT2D eigenvalue weighted by Gasteiger charge is -2.28. The van der Waals surface area contributed by atoms with E-state index in [-0.39, 0.29) is 18.6 Å². The predicted octanol–water partition coefficient (Wildman–Crippen LogP) is -0.617. The molecule has 0 bridgehead atoms. The first-order valence-corrected chi connectivity index (χ1v) is 6.50. The summed E-state index contributed by atoms with van der Waals surface area (Å²) in [5.41, 5.74) is 4.92. The summed E-state index contributed by atoms with van der Waals surface area (Å²) in [6.45, 7) is 3.66. The minimum Gasteiger partial charge on any atom is -0.370 e. The van der Waals surface area contributed by atoms with Crippen LogP contribution in [0.2, 0.25) is 0 Å². The average molecular weight is 257 g/mol. The van der Waals surface area contributed by atoms with Gasteiger partial charge in [-0.15, -0.1) is 0 Å². The molecule has 2 atom stereocenters. The van der Waals surface area contributed by atoms with Crippen molar-refractivity contribution in [1.82, 2.24) is 10.6 Å². The van der Waals surface area contributed by atoms with E-state index in [9.17, 15) is 9.59 Å². The van der Waals surface area contributed by atoms with Crippen LogP contribution in [0.5, 0.6) is 0 Å². The highest BCUT2D eigenvalue weighted by Crippen LogP contribution is 2.19. The second kappa shape index (κ2) is 8.05. The van der Waals surface area contributed by atoms with Crippen LogP contribution in [-0.2, 0) is 14.3 Å². The van der Waals surface area contributed by atoms with E-state index in [2.05, 4.69) is 17.6 Å². The van der Waals surface area contributed by atoms with Crippen LogP contribution in [0.3, 0.4) is 0 Å². The standard InChI is InChI=1S/C12H23N3O3/c1-2-9-3-4-14-10(7-9)12(17)15-5-6-18-8-11(13)16/h9-10,14H,2-8H2,1H3,(H2,13,16)(H,15,17). The normalized spacial score (nSPS) is 23.6. The van der Waals surface area contributed by atoms with Crippen LogP contribution in [0.15, 0.2) is 0 Å². The van der Waals surface area contributed by atoms with E-state index in [1.54, 1.807) is 0 Å². The fourth-order valence-electron chi connectivity index (χ4n) is 2.11. The van der Waals surface area contributed by atoms with Crippen molar-refractivity contribution in [2.45, 2.75) is 32.2 Å². The Hall–Kier alpha value is -1.14. The van der Waals surface area contributed by atoms with E-state index in [0.717, 1.165) is 25.8 Å². The largest absolute Gasteiger partial charge is 0.370 e. The predicted molar refractivity (Wildman–Crippen MR) is 67.8 cm³/mol. The summed E-state index contributed by atoms with van der Waals surface area (Å²) in [4.78, 5) is 22.2. The fourth-order valence-corrected chi connectivity index (χ4v) is 2.11. The molecule has 1 fully saturated rings. The van der Waals surface area contributed by atoms with Gasteiger partial charge in [-0.2, -0.15) is 0 Å². The van der Waals surface area contributed by atoms with Crippen molar-refractivity contribution >= 4 is 11.8 Å². The molecule has 4 N–H and O–H groups in total. The highest BCUT2D eigenvalue weighted by Gasteiger charge is 2.25. The first kappa shape index (κ1) is 14.9. The van der Waals surface area contributed by atoms with Gasteiger partial charge in [0.2, 0.25) is 11.8 Å². The molecule has 0 spiro atoms. The number of carbonyl (C=O) groups excluding carboxylic acids is 2. The molecule has 0 aliphatic carbocycles. The van der Waals surface area contributed by atoms with Gasteiger partial charge in [0.05, 0.1) is 12.6 Å². The van der Waals surface area contributed by atoms with E-state index in [1.165, 1.54) is 0 Å². The molecular weight excluding hydrogens is 234 g/mol. The summed E-state index contributed by atoms with van der Waals surface area (Å²) >= 11 is 0. The molecule has 1 heterocycles. The molecule has 104 valence electrons. The summed E-state index contributed by atoms with van der Waals surface area (Å²) < 4.78 is 4.97. The Bertz CT molecular complexity index is 284. The number of amides is 2. The Labute approximate surface area is 108 Å². The van der Waals surface area contributed by atoms with Gasteiger partial charge in [0.15, 0.2) is 0 Å². The number of primary amides is 1. The van der Waals surface area contributed by atoms with Crippen LogP contribution in [-0.4, -0.2) is 44.2 Å². The van der Waals surface area contributed by atoms with Crippen molar-refractivity contribution in [2.24, 2.45) is 11.7 Å². The number of hydrogen-bond acceptors (Lipinski definition) is 4. The second-order valence-corrected chi connectivity index (χ2v) is 4.62. The number of rotatable bonds is 7. The number of nitrogens with two attached hydrogens (primary N) is 1. The number of piperidine rings is 1. The molecule has 18 heavy (non-hydrogen) atoms. The van der Waals surface area contributed by atoms with Gasteiger partial charge >= 0.3 is 0 Å². The van der Waals surface area contributed by atoms with Gasteiger partial charge in [0.25, 0.3) is 0 Å². The third-order valence-electron chi connectivity index (χ3n) is 3.20. The van der Waals surface area contributed by atoms with Gasteiger partial charge in [0, 0.05) is 6.54 Å². The fraction of sp³-hybridized carbons (Fsp3) is 0.833. The van der Waals surface area contributed by atoms with Crippen LogP contribution in [0.1, 0.15) is 26.2 Å². The SMILES string of the molecule is CCC1CCNC(C(=O)NCCOCC(N)=O)C1. The quantitative estimate of drug-likeness (QED) is 0.530. The van der Waals surface area contributed by atoms with Crippen LogP contribution in [0.25, 0.3) is 0 Å². The smallest absolute Gasteiger partial charge is 0.243 e. The van der Waals surface area contributed by atoms with Gasteiger partial charge in [-0.05, 0) is 25.3 Å². The number of nitrogens with one attached hydrogen (secondary N) is 2. The highest BCUT2D eigenvalue weighted by molar-refractivity contribution is 5.81. The molecule has 0 aromatic heterocycles. The van der Waals surface area contributed by atoms with Crippen molar-refractivity contribution in [2.75, 3.05) is 26.3 Å². The lowest BCUT2D eigenvalue weighted by molar-refractivity contribution is -0.124. The maximum Gasteiger partial charge on any atom is 0.243 e. The summed E-state index contributed by atoms with van der Waals surface area (Å²) in [6.07, 6.45) is 3.15. The van der Waals surface area contributed by atoms with E-state index in [1.807, 2.05) is 0 Å². The van der Waals surface area contributed by atoms with Crippen molar-refractivity contribution in [1.29, 1.82) is 0 Å². The minimum absolute atomic E-state index is 0.0100. The molecule has 0 radical (unpaired) electrons. The highest BCUT2D eigenvalue weighted by atomic mass is 16.5. The van der Waals surface area contributed by atoms with Crippen molar-refractivity contribution in [3.05, 3.63) is 0 Å². The molecule has 0 aromatic carbocycles. The molecule has 1 saturated heterocycles. The number of hydrogen-bond donors (Lipinski definition) is 3. The van der Waals surface area contributed by atoms with E-state index in [0.29, 0.717) is 19.1 Å². The lowest BCUT2D eigenvalue weighted by atomic mass is 9.90. The Morgan fingerprint density at radius 2 is 2.28 bits per heavy atom. The Balaban J connectivity index is 2.14. The zero-order valence-corrected chi connectivity index (χ0v) is 10.9. The second-order valence-electron chi connectivity index (χ2n) is 4.62. The first-order valence-electron chi connectivity index (χ1n) is 6.50. The molecule has 2 amide bonds. The molecular formula is C12H23N3O3. The molecule has 0 aromatic rings. The van der Waals surface area contributed by atoms with Crippen LogP contribution in [0.4, 0.5) is 0 Å². The summed E-state index contributed by atoms with van der Waals surface area (Å²) in [6, 6.07) is -0.0974. The van der Waals surface area contributed by atoms with Crippen molar-refractivity contribution in [3.8, 4) is 0 Å². The van der Waals surface area contributed by atoms with Gasteiger partial charge < -0.3 is 21.1 Å². The molecule has 2 unspecified atom stereocenters. The average Bonchev–Trinajstić information content (AvgIpc) is 2.37. The lowest BCUT2D eigenvalue weighted by Crippen LogP contribution is -2.49. The summed E-state index contributed by atoms with van der Waals surface area (Å²) in [5.74, 6) is 0.144. The maximum atomic E-state index is 11.8. The van der Waals surface area contributed by atoms with Gasteiger partial charge in [-0.3, -0.25) is 9.59 Å². The Kier molecular flexibility index (Phi) is 6.67. The molecule has 1 aliphatic rings. The molecule has 6 nitrogen and oxygen atoms in total. The van der Waals surface area contributed by atoms with Gasteiger partial charge in [0.1, 0.15) is 6.61 Å². The monoisotopic (exact) mass is 257 g/mol. The third kappa shape index (κ3) is 5.46. The van der Waals surface area contributed by atoms with Crippen molar-refractivity contribution in [3.63, 3.8) is 0 Å². The van der Waals surface area contributed by atoms with E-state index < -0.39 is 5.91 Å². The molecule has 1 rings (SSSR count). The van der Waals surface area contributed by atoms with Crippen LogP contribution >= 0.6 is 0 Å². The van der Waals surface area contributed by atoms with E-state index in [4.69, 9.17) is 10.5 Å². The third-order valence-corrected chi connectivity index (χ3v) is 3.20. The van der Waals surface area contributed by atoms with Crippen molar-refractivity contribution < 1.29 is 14.3 Å². The molecule has 6 heteroatoms. The topological polar surface area (TPSA) is 93.4 Å². The number of ether oxygens (including phenoxy) is 1. The number of carbonyl (C=O) groups is 2. The zero-order valence-electron chi connectivity index (χ0n) is 10.9. The van der Waals surface area contributed by atoms with Gasteiger partial charge in [-0.25, -0.2) is 0 Å². The van der Waals surface area contributed by atoms with Crippen LogP contribution < -0.4 is 16.4 Å². The summed E-state index contributed by atoms with van der Waals surface area (Å²) in [7, 11) is 0. The zero-order chi connectivity index (χ0) is 13.4. The summed E-state index contributed by atoms with van der Waals surface area (Å²) in [5, 5.41) is 6.01. The van der Waals surface area contributed by atoms with Crippen LogP contribution in [0, 0.1) is 5.92 Å². The van der Waals surface area contributed by atoms with Gasteiger partial charge in [-0.1, -0.05) is 13.3 Å². The molecule has 1 aliphatic heterocycles. The first-order chi connectivity index (χ1) is 8.63.